The minimum absolute atomic E-state index is 0.0575. The van der Waals surface area contributed by atoms with Crippen molar-refractivity contribution in [2.45, 2.75) is 38.5 Å². The second kappa shape index (κ2) is 16.5. The molecule has 0 N–H and O–H groups in total. The van der Waals surface area contributed by atoms with E-state index in [0.29, 0.717) is 0 Å². The van der Waals surface area contributed by atoms with E-state index in [1.54, 1.807) is 0 Å². The van der Waals surface area contributed by atoms with E-state index in [2.05, 4.69) is 275 Å². The smallest absolute Gasteiger partial charge is 0.0788 e. The maximum atomic E-state index is 5.41. The van der Waals surface area contributed by atoms with Gasteiger partial charge < -0.3 is 4.90 Å². The van der Waals surface area contributed by atoms with Crippen LogP contribution in [0.25, 0.3) is 88.9 Å². The minimum Gasteiger partial charge on any atom is -0.311 e. The molecule has 0 unspecified atom stereocenters. The Morgan fingerprint density at radius 3 is 1.28 bits per heavy atom. The molecule has 1 aromatic heterocycles. The minimum atomic E-state index is -0.0695. The molecule has 0 saturated carbocycles. The monoisotopic (exact) mass is 908 g/mol. The number of hydrogen-bond acceptors (Lipinski definition) is 2. The van der Waals surface area contributed by atoms with Crippen molar-refractivity contribution in [1.82, 2.24) is 4.98 Å². The van der Waals surface area contributed by atoms with Gasteiger partial charge in [0.05, 0.1) is 11.2 Å². The van der Waals surface area contributed by atoms with Crippen LogP contribution < -0.4 is 4.90 Å². The normalized spacial score (nSPS) is 13.6. The third-order valence-electron chi connectivity index (χ3n) is 15.5. The van der Waals surface area contributed by atoms with E-state index in [4.69, 9.17) is 4.98 Å². The molecule has 0 aliphatic heterocycles. The molecule has 0 radical (unpaired) electrons. The first-order valence-electron chi connectivity index (χ1n) is 24.8. The number of anilines is 3. The number of benzene rings is 10. The maximum absolute atomic E-state index is 5.41. The van der Waals surface area contributed by atoms with Gasteiger partial charge in [0, 0.05) is 44.4 Å². The fraction of sp³-hybridized carbons (Fsp3) is 0.0870. The summed E-state index contributed by atoms with van der Waals surface area (Å²) in [7, 11) is 0. The van der Waals surface area contributed by atoms with Gasteiger partial charge in [0.25, 0.3) is 0 Å². The molecule has 1 heterocycles. The van der Waals surface area contributed by atoms with Crippen LogP contribution in [0, 0.1) is 0 Å². The van der Waals surface area contributed by atoms with Crippen molar-refractivity contribution >= 4 is 28.0 Å². The molecule has 0 spiro atoms. The lowest BCUT2D eigenvalue weighted by Crippen LogP contribution is -2.14. The van der Waals surface area contributed by atoms with Gasteiger partial charge >= 0.3 is 0 Å². The Morgan fingerprint density at radius 1 is 0.282 bits per heavy atom. The molecule has 2 aliphatic rings. The highest BCUT2D eigenvalue weighted by Crippen LogP contribution is 2.51. The van der Waals surface area contributed by atoms with E-state index < -0.39 is 0 Å². The summed E-state index contributed by atoms with van der Waals surface area (Å²) >= 11 is 0. The predicted octanol–water partition coefficient (Wildman–Crippen LogP) is 18.7. The number of pyridine rings is 1. The Bertz CT molecular complexity index is 3840. The lowest BCUT2D eigenvalue weighted by atomic mass is 9.81. The third-order valence-corrected chi connectivity index (χ3v) is 15.5. The van der Waals surface area contributed by atoms with Crippen LogP contribution in [0.15, 0.2) is 243 Å². The fourth-order valence-electron chi connectivity index (χ4n) is 11.6. The molecule has 2 heteroatoms. The first-order valence-corrected chi connectivity index (χ1v) is 24.8. The van der Waals surface area contributed by atoms with Crippen LogP contribution in [0.1, 0.15) is 49.9 Å². The predicted molar refractivity (Wildman–Crippen MR) is 299 cm³/mol. The van der Waals surface area contributed by atoms with Gasteiger partial charge in [-0.15, -0.1) is 0 Å². The first-order chi connectivity index (χ1) is 34.7. The standard InChI is InChI=1S/C69H52N2/c1-68(2)62-22-11-9-20-57(62)59-39-31-50(43-64(59)68)47-27-35-55(36-28-47)71(54-33-25-46(26-34-54)45-15-6-5-7-16-45)56-37-29-48(30-38-56)67-61(42-53-17-8-13-24-66(53)70-67)52-19-14-18-49(41-52)51-32-40-60-58-21-10-12-23-63(58)69(3,4)65(60)44-51/h5-44H,1-4H3. The number of fused-ring (bicyclic) bond motifs is 7. The number of hydrogen-bond donors (Lipinski definition) is 0. The van der Waals surface area contributed by atoms with Crippen molar-refractivity contribution in [3.05, 3.63) is 265 Å². The highest BCUT2D eigenvalue weighted by Gasteiger charge is 2.36. The second-order valence-electron chi connectivity index (χ2n) is 20.4. The van der Waals surface area contributed by atoms with Crippen molar-refractivity contribution in [3.8, 4) is 78.0 Å². The van der Waals surface area contributed by atoms with Gasteiger partial charge in [-0.2, -0.15) is 0 Å². The molecule has 0 atom stereocenters. The van der Waals surface area contributed by atoms with E-state index in [1.165, 1.54) is 77.9 Å². The molecular weight excluding hydrogens is 857 g/mol. The fourth-order valence-corrected chi connectivity index (χ4v) is 11.6. The van der Waals surface area contributed by atoms with Crippen molar-refractivity contribution in [2.24, 2.45) is 0 Å². The summed E-state index contributed by atoms with van der Waals surface area (Å²) in [5, 5.41) is 1.12. The van der Waals surface area contributed by atoms with Gasteiger partial charge in [0.2, 0.25) is 0 Å². The first kappa shape index (κ1) is 42.5. The maximum Gasteiger partial charge on any atom is 0.0788 e. The van der Waals surface area contributed by atoms with Crippen LogP contribution in [-0.2, 0) is 10.8 Å². The van der Waals surface area contributed by atoms with Gasteiger partial charge in [-0.1, -0.05) is 204 Å². The largest absolute Gasteiger partial charge is 0.311 e. The van der Waals surface area contributed by atoms with E-state index in [-0.39, 0.29) is 10.8 Å². The zero-order valence-electron chi connectivity index (χ0n) is 40.5. The topological polar surface area (TPSA) is 16.1 Å². The van der Waals surface area contributed by atoms with E-state index >= 15 is 0 Å². The van der Waals surface area contributed by atoms with Crippen molar-refractivity contribution in [1.29, 1.82) is 0 Å². The van der Waals surface area contributed by atoms with Crippen LogP contribution in [-0.4, -0.2) is 4.98 Å². The summed E-state index contributed by atoms with van der Waals surface area (Å²) in [5.74, 6) is 0. The Hall–Kier alpha value is -8.59. The Morgan fingerprint density at radius 2 is 0.690 bits per heavy atom. The van der Waals surface area contributed by atoms with Gasteiger partial charge in [-0.05, 0) is 150 Å². The van der Waals surface area contributed by atoms with Crippen molar-refractivity contribution < 1.29 is 0 Å². The molecule has 71 heavy (non-hydrogen) atoms. The highest BCUT2D eigenvalue weighted by molar-refractivity contribution is 5.94. The molecule has 0 bridgehead atoms. The summed E-state index contributed by atoms with van der Waals surface area (Å²) in [6.07, 6.45) is 0. The van der Waals surface area contributed by atoms with Gasteiger partial charge in [0.15, 0.2) is 0 Å². The number of aromatic nitrogens is 1. The number of rotatable bonds is 8. The van der Waals surface area contributed by atoms with Gasteiger partial charge in [-0.3, -0.25) is 0 Å². The molecule has 2 aliphatic carbocycles. The van der Waals surface area contributed by atoms with Gasteiger partial charge in [0.1, 0.15) is 0 Å². The molecule has 2 nitrogen and oxygen atoms in total. The van der Waals surface area contributed by atoms with E-state index in [9.17, 15) is 0 Å². The van der Waals surface area contributed by atoms with Crippen molar-refractivity contribution in [2.75, 3.05) is 4.90 Å². The van der Waals surface area contributed by atoms with Crippen LogP contribution in [0.5, 0.6) is 0 Å². The average Bonchev–Trinajstić information content (AvgIpc) is 3.80. The Kier molecular flexibility index (Phi) is 9.90. The Balaban J connectivity index is 0.871. The molecule has 338 valence electrons. The molecule has 11 aromatic rings. The summed E-state index contributed by atoms with van der Waals surface area (Å²) < 4.78 is 0. The summed E-state index contributed by atoms with van der Waals surface area (Å²) in [6.45, 7) is 9.40. The third kappa shape index (κ3) is 7.13. The number of nitrogens with zero attached hydrogens (tertiary/aromatic N) is 2. The second-order valence-corrected chi connectivity index (χ2v) is 20.4. The van der Waals surface area contributed by atoms with E-state index in [1.807, 2.05) is 0 Å². The lowest BCUT2D eigenvalue weighted by Gasteiger charge is -2.26. The van der Waals surface area contributed by atoms with Gasteiger partial charge in [-0.25, -0.2) is 4.98 Å². The molecule has 10 aromatic carbocycles. The average molecular weight is 909 g/mol. The molecule has 13 rings (SSSR count). The molecule has 0 saturated heterocycles. The summed E-state index contributed by atoms with van der Waals surface area (Å²) in [4.78, 5) is 7.77. The molecular formula is C69H52N2. The van der Waals surface area contributed by atoms with Crippen LogP contribution in [0.4, 0.5) is 17.1 Å². The van der Waals surface area contributed by atoms with E-state index in [0.717, 1.165) is 50.3 Å². The SMILES string of the molecule is CC1(C)c2ccccc2-c2ccc(-c3ccc(N(c4ccc(-c5ccccc5)cc4)c4ccc(-c5nc6ccccc6cc5-c5cccc(-c6ccc7c(c6)C(C)(C)c6ccccc6-7)c5)cc4)cc3)cc21. The quantitative estimate of drug-likeness (QED) is 0.151. The summed E-state index contributed by atoms with van der Waals surface area (Å²) in [5.41, 5.74) is 26.5. The Labute approximate surface area is 417 Å². The van der Waals surface area contributed by atoms with Crippen LogP contribution >= 0.6 is 0 Å². The van der Waals surface area contributed by atoms with Crippen LogP contribution in [0.3, 0.4) is 0 Å². The highest BCUT2D eigenvalue weighted by atomic mass is 15.1. The zero-order chi connectivity index (χ0) is 47.8. The summed E-state index contributed by atoms with van der Waals surface area (Å²) in [6, 6.07) is 89.1. The van der Waals surface area contributed by atoms with Crippen LogP contribution in [0.2, 0.25) is 0 Å². The zero-order valence-corrected chi connectivity index (χ0v) is 40.5. The van der Waals surface area contributed by atoms with Crippen molar-refractivity contribution in [3.63, 3.8) is 0 Å². The number of para-hydroxylation sites is 1. The molecule has 0 fully saturated rings. The lowest BCUT2D eigenvalue weighted by molar-refractivity contribution is 0.660. The molecule has 0 amide bonds.